The minimum absolute atomic E-state index is 0.0433. The fraction of sp³-hybridized carbons (Fsp3) is 0.412. The Morgan fingerprint density at radius 1 is 1.28 bits per heavy atom. The fourth-order valence-electron chi connectivity index (χ4n) is 4.15. The van der Waals surface area contributed by atoms with Gasteiger partial charge in [-0.3, -0.25) is 9.89 Å². The summed E-state index contributed by atoms with van der Waals surface area (Å²) in [4.78, 5) is 13.6. The van der Waals surface area contributed by atoms with Crippen molar-refractivity contribution in [2.45, 2.75) is 18.4 Å². The maximum atomic E-state index is 15.2. The molecule has 0 aliphatic carbocycles. The van der Waals surface area contributed by atoms with Crippen LogP contribution >= 0.6 is 0 Å². The van der Waals surface area contributed by atoms with E-state index in [1.54, 1.807) is 10.8 Å². The lowest BCUT2D eigenvalue weighted by Gasteiger charge is -2.39. The van der Waals surface area contributed by atoms with Crippen LogP contribution in [0.5, 0.6) is 5.75 Å². The maximum absolute atomic E-state index is 15.2. The van der Waals surface area contributed by atoms with Crippen molar-refractivity contribution in [3.05, 3.63) is 24.0 Å². The van der Waals surface area contributed by atoms with Crippen LogP contribution in [0.15, 0.2) is 18.2 Å². The monoisotopic (exact) mass is 422 g/mol. The van der Waals surface area contributed by atoms with Crippen LogP contribution in [0.2, 0.25) is 0 Å². The van der Waals surface area contributed by atoms with E-state index < -0.39 is 39.9 Å². The van der Waals surface area contributed by atoms with Crippen LogP contribution < -0.4 is 19.2 Å². The number of nitrogens with zero attached hydrogens (tertiary/aromatic N) is 3. The molecule has 1 aromatic carbocycles. The van der Waals surface area contributed by atoms with Crippen molar-refractivity contribution in [1.29, 1.82) is 0 Å². The number of carbonyl (C=O) groups excluding carboxylic acids is 1. The Labute approximate surface area is 165 Å². The summed E-state index contributed by atoms with van der Waals surface area (Å²) in [6.45, 7) is 2.06. The van der Waals surface area contributed by atoms with E-state index in [0.717, 1.165) is 32.5 Å². The highest BCUT2D eigenvalue weighted by Crippen LogP contribution is 2.39. The average molecular weight is 422 g/mol. The van der Waals surface area contributed by atoms with E-state index in [4.69, 9.17) is 0 Å². The van der Waals surface area contributed by atoms with Gasteiger partial charge in [0.25, 0.3) is 5.91 Å². The molecule has 1 spiro atoms. The lowest BCUT2D eigenvalue weighted by Crippen LogP contribution is -2.58. The molecule has 154 valence electrons. The van der Waals surface area contributed by atoms with Crippen LogP contribution in [0.4, 0.5) is 15.9 Å². The standard InChI is InChI=1S/C17H19FN6O4S/c18-15-10(1-2-12(25)16(15)24-8-14(26)22-29(24,27)28)11-7-13(21-20-11)23-6-4-17(9-23)3-5-19-17/h1-2,7,19,25H,3-6,8-9H2,(H,20,21)(H,22,26). The molecule has 3 aliphatic heterocycles. The SMILES string of the molecule is O=C1CN(c2c(O)ccc(-c3cc(N4CCC5(CCN5)C4)n[nH]3)c2F)S(=O)(=O)N1. The molecular formula is C17H19FN6O4S. The summed E-state index contributed by atoms with van der Waals surface area (Å²) >= 11 is 0. The molecule has 29 heavy (non-hydrogen) atoms. The third kappa shape index (κ3) is 2.82. The first kappa shape index (κ1) is 18.2. The second-order valence-electron chi connectivity index (χ2n) is 7.60. The van der Waals surface area contributed by atoms with Crippen molar-refractivity contribution >= 4 is 27.6 Å². The number of phenols is 1. The van der Waals surface area contributed by atoms with Gasteiger partial charge in [0.05, 0.1) is 5.69 Å². The van der Waals surface area contributed by atoms with Crippen LogP contribution in [0.3, 0.4) is 0 Å². The van der Waals surface area contributed by atoms with Crippen molar-refractivity contribution in [3.63, 3.8) is 0 Å². The quantitative estimate of drug-likeness (QED) is 0.550. The van der Waals surface area contributed by atoms with Gasteiger partial charge in [-0.1, -0.05) is 0 Å². The number of carbonyl (C=O) groups is 1. The lowest BCUT2D eigenvalue weighted by molar-refractivity contribution is -0.117. The Kier molecular flexibility index (Phi) is 3.80. The summed E-state index contributed by atoms with van der Waals surface area (Å²) in [5, 5.41) is 20.6. The molecule has 12 heteroatoms. The van der Waals surface area contributed by atoms with Crippen molar-refractivity contribution in [2.75, 3.05) is 35.4 Å². The molecule has 3 aliphatic rings. The van der Waals surface area contributed by atoms with Gasteiger partial charge in [0, 0.05) is 30.3 Å². The molecule has 4 heterocycles. The number of rotatable bonds is 3. The summed E-state index contributed by atoms with van der Waals surface area (Å²) in [5.74, 6) is -1.67. The Morgan fingerprint density at radius 2 is 2.07 bits per heavy atom. The van der Waals surface area contributed by atoms with Crippen molar-refractivity contribution < 1.29 is 22.7 Å². The zero-order valence-corrected chi connectivity index (χ0v) is 16.1. The molecule has 3 saturated heterocycles. The summed E-state index contributed by atoms with van der Waals surface area (Å²) in [6, 6.07) is 4.22. The number of benzene rings is 1. The second kappa shape index (κ2) is 6.07. The number of phenolic OH excluding ortho intramolecular Hbond substituents is 1. The average Bonchev–Trinajstić information content (AvgIpc) is 3.32. The van der Waals surface area contributed by atoms with E-state index in [1.165, 1.54) is 12.1 Å². The molecule has 4 N–H and O–H groups in total. The van der Waals surface area contributed by atoms with E-state index in [1.807, 2.05) is 0 Å². The molecule has 1 unspecified atom stereocenters. The normalized spacial score (nSPS) is 25.5. The predicted octanol–water partition coefficient (Wildman–Crippen LogP) is 0.0446. The van der Waals surface area contributed by atoms with Crippen LogP contribution in [0.1, 0.15) is 12.8 Å². The van der Waals surface area contributed by atoms with Crippen molar-refractivity contribution in [1.82, 2.24) is 20.2 Å². The Bertz CT molecular complexity index is 1110. The molecule has 3 fully saturated rings. The van der Waals surface area contributed by atoms with Gasteiger partial charge >= 0.3 is 10.2 Å². The zero-order valence-electron chi connectivity index (χ0n) is 15.3. The summed E-state index contributed by atoms with van der Waals surface area (Å²) < 4.78 is 41.7. The zero-order chi connectivity index (χ0) is 20.4. The largest absolute Gasteiger partial charge is 0.506 e. The van der Waals surface area contributed by atoms with Gasteiger partial charge in [-0.25, -0.2) is 13.4 Å². The summed E-state index contributed by atoms with van der Waals surface area (Å²) in [7, 11) is -4.26. The predicted molar refractivity (Wildman–Crippen MR) is 102 cm³/mol. The number of anilines is 2. The molecule has 0 saturated carbocycles. The van der Waals surface area contributed by atoms with E-state index >= 15 is 4.39 Å². The Morgan fingerprint density at radius 3 is 2.69 bits per heavy atom. The first-order valence-corrected chi connectivity index (χ1v) is 10.6. The minimum Gasteiger partial charge on any atom is -0.506 e. The van der Waals surface area contributed by atoms with Gasteiger partial charge < -0.3 is 15.3 Å². The van der Waals surface area contributed by atoms with Gasteiger partial charge in [0.2, 0.25) is 0 Å². The van der Waals surface area contributed by atoms with Crippen molar-refractivity contribution in [3.8, 4) is 17.0 Å². The van der Waals surface area contributed by atoms with Crippen LogP contribution in [-0.2, 0) is 15.0 Å². The number of H-pyrrole nitrogens is 1. The molecule has 5 rings (SSSR count). The molecule has 1 atom stereocenters. The maximum Gasteiger partial charge on any atom is 0.326 e. The highest BCUT2D eigenvalue weighted by Gasteiger charge is 2.43. The number of aromatic hydroxyl groups is 1. The first-order valence-electron chi connectivity index (χ1n) is 9.19. The van der Waals surface area contributed by atoms with Crippen LogP contribution in [-0.4, -0.2) is 61.3 Å². The Hall–Kier alpha value is -2.86. The van der Waals surface area contributed by atoms with Crippen LogP contribution in [0.25, 0.3) is 11.3 Å². The number of hydrogen-bond acceptors (Lipinski definition) is 7. The van der Waals surface area contributed by atoms with Crippen LogP contribution in [0, 0.1) is 5.82 Å². The van der Waals surface area contributed by atoms with Gasteiger partial charge in [0.15, 0.2) is 11.6 Å². The molecular weight excluding hydrogens is 403 g/mol. The van der Waals surface area contributed by atoms with E-state index in [9.17, 15) is 18.3 Å². The molecule has 1 aromatic heterocycles. The number of halogens is 1. The molecule has 10 nitrogen and oxygen atoms in total. The smallest absolute Gasteiger partial charge is 0.326 e. The lowest BCUT2D eigenvalue weighted by atomic mass is 9.87. The summed E-state index contributed by atoms with van der Waals surface area (Å²) in [5.41, 5.74) is -0.0468. The molecule has 2 aromatic rings. The number of amides is 1. The van der Waals surface area contributed by atoms with Crippen molar-refractivity contribution in [2.24, 2.45) is 0 Å². The topological polar surface area (TPSA) is 131 Å². The third-order valence-electron chi connectivity index (χ3n) is 5.80. The minimum atomic E-state index is -4.26. The highest BCUT2D eigenvalue weighted by molar-refractivity contribution is 7.92. The molecule has 1 amide bonds. The van der Waals surface area contributed by atoms with E-state index in [0.29, 0.717) is 15.8 Å². The van der Waals surface area contributed by atoms with E-state index in [2.05, 4.69) is 20.4 Å². The number of hydrogen-bond donors (Lipinski definition) is 4. The van der Waals surface area contributed by atoms with Gasteiger partial charge in [-0.05, 0) is 31.5 Å². The Balaban J connectivity index is 1.48. The second-order valence-corrected chi connectivity index (χ2v) is 9.20. The van der Waals surface area contributed by atoms with Gasteiger partial charge in [0.1, 0.15) is 18.0 Å². The first-order chi connectivity index (χ1) is 13.8. The number of aromatic nitrogens is 2. The number of aromatic amines is 1. The number of nitrogens with one attached hydrogen (secondary N) is 3. The highest BCUT2D eigenvalue weighted by atomic mass is 32.2. The van der Waals surface area contributed by atoms with Gasteiger partial charge in [-0.2, -0.15) is 13.5 Å². The fourth-order valence-corrected chi connectivity index (χ4v) is 5.32. The van der Waals surface area contributed by atoms with Gasteiger partial charge in [-0.15, -0.1) is 0 Å². The molecule has 0 bridgehead atoms. The molecule has 0 radical (unpaired) electrons. The third-order valence-corrected chi connectivity index (χ3v) is 7.18. The summed E-state index contributed by atoms with van der Waals surface area (Å²) in [6.07, 6.45) is 2.13. The van der Waals surface area contributed by atoms with E-state index in [-0.39, 0.29) is 11.1 Å².